The minimum absolute atomic E-state index is 0.0690. The van der Waals surface area contributed by atoms with Gasteiger partial charge in [0.05, 0.1) is 37.1 Å². The Morgan fingerprint density at radius 2 is 2.05 bits per heavy atom. The van der Waals surface area contributed by atoms with Crippen LogP contribution in [0.15, 0.2) is 47.5 Å². The molecule has 1 aromatic carbocycles. The van der Waals surface area contributed by atoms with Crippen LogP contribution in [0.1, 0.15) is 32.6 Å². The number of nitrogens with two attached hydrogens (primary N) is 1. The zero-order valence-electron chi connectivity index (χ0n) is 23.4. The number of rotatable bonds is 13. The summed E-state index contributed by atoms with van der Waals surface area (Å²) in [7, 11) is -4.02. The Hall–Kier alpha value is -2.59. The third-order valence-electron chi connectivity index (χ3n) is 6.86. The van der Waals surface area contributed by atoms with E-state index in [4.69, 9.17) is 19.5 Å². The van der Waals surface area contributed by atoms with E-state index in [2.05, 4.69) is 15.1 Å². The maximum Gasteiger partial charge on any atom is 0.405 e. The van der Waals surface area contributed by atoms with Gasteiger partial charge in [-0.2, -0.15) is 0 Å². The van der Waals surface area contributed by atoms with Gasteiger partial charge in [-0.25, -0.2) is 14.6 Å². The van der Waals surface area contributed by atoms with Crippen molar-refractivity contribution in [2.45, 2.75) is 51.4 Å². The van der Waals surface area contributed by atoms with Gasteiger partial charge in [0.2, 0.25) is 0 Å². The van der Waals surface area contributed by atoms with E-state index in [9.17, 15) is 29.5 Å². The van der Waals surface area contributed by atoms with Gasteiger partial charge in [0.15, 0.2) is 16.9 Å². The Balaban J connectivity index is 1.46. The normalized spacial score (nSPS) is 24.2. The van der Waals surface area contributed by atoms with Crippen LogP contribution in [0.2, 0.25) is 0 Å². The first-order valence-electron chi connectivity index (χ1n) is 13.1. The summed E-state index contributed by atoms with van der Waals surface area (Å²) < 4.78 is 32.3. The molecule has 1 fully saturated rings. The monoisotopic (exact) mass is 625 g/mol. The highest BCUT2D eigenvalue weighted by Crippen LogP contribution is 2.47. The number of carbonyl (C=O) groups excluding carboxylic acids is 1. The maximum absolute atomic E-state index is 13.7. The molecule has 0 bridgehead atoms. The van der Waals surface area contributed by atoms with Gasteiger partial charge in [0.1, 0.15) is 23.6 Å². The first kappa shape index (κ1) is 32.3. The molecule has 2 aromatic heterocycles. The summed E-state index contributed by atoms with van der Waals surface area (Å²) in [5.41, 5.74) is 3.62. The number of H-pyrrole nitrogens is 1. The number of hydrogen-bond donors (Lipinski definition) is 6. The van der Waals surface area contributed by atoms with E-state index in [0.717, 1.165) is 17.3 Å². The molecule has 42 heavy (non-hydrogen) atoms. The van der Waals surface area contributed by atoms with Crippen LogP contribution >= 0.6 is 19.5 Å². The van der Waals surface area contributed by atoms with Gasteiger partial charge in [-0.3, -0.25) is 18.6 Å². The number of aromatic amines is 1. The van der Waals surface area contributed by atoms with Crippen LogP contribution in [0, 0.1) is 5.41 Å². The highest BCUT2D eigenvalue weighted by Gasteiger charge is 2.54. The number of fused-ring (bicyclic) bond motifs is 1. The number of nitrogen functional groups attached to an aromatic ring is 1. The zero-order chi connectivity index (χ0) is 30.7. The average Bonchev–Trinajstić information content (AvgIpc) is 3.47. The van der Waals surface area contributed by atoms with Crippen LogP contribution in [0.3, 0.4) is 0 Å². The summed E-state index contributed by atoms with van der Waals surface area (Å²) in [6, 6.07) is 10.6. The molecule has 1 aliphatic rings. The van der Waals surface area contributed by atoms with Crippen molar-refractivity contribution in [3.05, 3.63) is 58.6 Å². The smallest absolute Gasteiger partial charge is 0.395 e. The highest BCUT2D eigenvalue weighted by atomic mass is 32.2. The molecular formula is C26H36N5O9PS. The molecule has 0 radical (unpaired) electrons. The third-order valence-corrected chi connectivity index (χ3v) is 9.60. The van der Waals surface area contributed by atoms with Crippen LogP contribution < -0.4 is 16.4 Å². The van der Waals surface area contributed by atoms with Crippen LogP contribution in [-0.4, -0.2) is 78.4 Å². The molecular weight excluding hydrogens is 589 g/mol. The van der Waals surface area contributed by atoms with E-state index in [1.54, 1.807) is 13.8 Å². The number of pyridine rings is 1. The Labute approximate surface area is 246 Å². The number of nitrogens with zero attached hydrogens (tertiary/aromatic N) is 2. The number of thioether (sulfide) groups is 1. The SMILES string of the molecule is CC(C)(CO)C(=O)SCCOP(=O)(NCc1ccccc1)OC[C@H]1O[C@@H](n2cnc3c(=O)[nH]c(N)cc32)C(C)(O)C1O. The van der Waals surface area contributed by atoms with E-state index >= 15 is 0 Å². The van der Waals surface area contributed by atoms with Gasteiger partial charge in [0.25, 0.3) is 5.56 Å². The second-order valence-corrected chi connectivity index (χ2v) is 13.7. The summed E-state index contributed by atoms with van der Waals surface area (Å²) in [4.78, 5) is 31.1. The van der Waals surface area contributed by atoms with Gasteiger partial charge in [-0.15, -0.1) is 0 Å². The van der Waals surface area contributed by atoms with Crippen molar-refractivity contribution in [3.8, 4) is 0 Å². The van der Waals surface area contributed by atoms with Crippen LogP contribution in [0.25, 0.3) is 11.0 Å². The molecule has 3 aromatic rings. The molecule has 7 N–H and O–H groups in total. The second kappa shape index (κ2) is 13.0. The molecule has 0 aliphatic carbocycles. The standard InChI is InChI=1S/C26H36N5O9PS/c1-25(2,14-32)24(35)42-10-9-38-41(37,29-12-16-7-5-4-6-8-16)39-13-18-21(33)26(3,36)23(40-18)31-15-28-20-17(31)11-19(27)30-22(20)34/h4-8,11,15,18,21,23,32-33,36H,9-10,12-14H2,1-3H3,(H,29,37)(H3,27,30,34)/t18-,21?,23-,26?,41?/m1/s1. The average molecular weight is 626 g/mol. The predicted octanol–water partition coefficient (Wildman–Crippen LogP) is 1.53. The summed E-state index contributed by atoms with van der Waals surface area (Å²) in [5, 5.41) is 34.1. The lowest BCUT2D eigenvalue weighted by molar-refractivity contribution is -0.119. The second-order valence-electron chi connectivity index (χ2n) is 10.8. The predicted molar refractivity (Wildman–Crippen MR) is 156 cm³/mol. The summed E-state index contributed by atoms with van der Waals surface area (Å²) in [6.07, 6.45) is -2.54. The number of hydrogen-bond acceptors (Lipinski definition) is 12. The van der Waals surface area contributed by atoms with Crippen molar-refractivity contribution in [2.24, 2.45) is 5.41 Å². The van der Waals surface area contributed by atoms with Gasteiger partial charge in [-0.05, 0) is 26.3 Å². The minimum atomic E-state index is -4.02. The number of benzene rings is 1. The summed E-state index contributed by atoms with van der Waals surface area (Å²) in [5.74, 6) is 0.229. The minimum Gasteiger partial charge on any atom is -0.395 e. The van der Waals surface area contributed by atoms with Crippen molar-refractivity contribution >= 4 is 41.5 Å². The number of aliphatic hydroxyl groups excluding tert-OH is 2. The van der Waals surface area contributed by atoms with E-state index in [0.29, 0.717) is 0 Å². The topological polar surface area (TPSA) is 211 Å². The molecule has 0 amide bonds. The largest absolute Gasteiger partial charge is 0.405 e. The molecule has 230 valence electrons. The van der Waals surface area contributed by atoms with Crippen molar-refractivity contribution in [1.82, 2.24) is 19.6 Å². The van der Waals surface area contributed by atoms with Crippen molar-refractivity contribution in [2.75, 3.05) is 31.3 Å². The Bertz CT molecular complexity index is 1500. The molecule has 3 heterocycles. The molecule has 16 heteroatoms. The number of nitrogens with one attached hydrogen (secondary N) is 2. The quantitative estimate of drug-likeness (QED) is 0.118. The Kier molecular flexibility index (Phi) is 9.97. The van der Waals surface area contributed by atoms with Gasteiger partial charge < -0.3 is 35.3 Å². The summed E-state index contributed by atoms with van der Waals surface area (Å²) in [6.45, 7) is 3.85. The number of aliphatic hydroxyl groups is 3. The number of aromatic nitrogens is 3. The van der Waals surface area contributed by atoms with Crippen LogP contribution in [0.5, 0.6) is 0 Å². The maximum atomic E-state index is 13.7. The van der Waals surface area contributed by atoms with E-state index in [1.807, 2.05) is 30.3 Å². The Morgan fingerprint density at radius 1 is 1.33 bits per heavy atom. The van der Waals surface area contributed by atoms with Gasteiger partial charge in [-0.1, -0.05) is 42.1 Å². The molecule has 0 spiro atoms. The van der Waals surface area contributed by atoms with Gasteiger partial charge in [0, 0.05) is 18.4 Å². The van der Waals surface area contributed by atoms with Crippen LogP contribution in [-0.2, 0) is 29.7 Å². The zero-order valence-corrected chi connectivity index (χ0v) is 25.1. The molecule has 3 unspecified atom stereocenters. The molecule has 0 saturated carbocycles. The Morgan fingerprint density at radius 3 is 2.74 bits per heavy atom. The van der Waals surface area contributed by atoms with Gasteiger partial charge >= 0.3 is 7.75 Å². The summed E-state index contributed by atoms with van der Waals surface area (Å²) >= 11 is 0.940. The number of ether oxygens (including phenoxy) is 1. The molecule has 1 saturated heterocycles. The fourth-order valence-corrected chi connectivity index (χ4v) is 6.50. The first-order valence-corrected chi connectivity index (χ1v) is 15.7. The fourth-order valence-electron chi connectivity index (χ4n) is 4.26. The van der Waals surface area contributed by atoms with Crippen molar-refractivity contribution in [3.63, 3.8) is 0 Å². The van der Waals surface area contributed by atoms with Crippen molar-refractivity contribution < 1.29 is 38.5 Å². The molecule has 14 nitrogen and oxygen atoms in total. The fraction of sp³-hybridized carbons (Fsp3) is 0.500. The lowest BCUT2D eigenvalue weighted by atomic mass is 9.96. The molecule has 4 rings (SSSR count). The number of anilines is 1. The first-order chi connectivity index (χ1) is 19.8. The van der Waals surface area contributed by atoms with Crippen molar-refractivity contribution in [1.29, 1.82) is 0 Å². The lowest BCUT2D eigenvalue weighted by Gasteiger charge is -2.27. The third kappa shape index (κ3) is 7.13. The molecule has 5 atom stereocenters. The number of carbonyl (C=O) groups is 1. The van der Waals surface area contributed by atoms with Crippen LogP contribution in [0.4, 0.5) is 5.82 Å². The lowest BCUT2D eigenvalue weighted by Crippen LogP contribution is -2.44. The van der Waals surface area contributed by atoms with E-state index < -0.39 is 49.4 Å². The molecule has 1 aliphatic heterocycles. The van der Waals surface area contributed by atoms with E-state index in [1.165, 1.54) is 23.9 Å². The number of imidazole rings is 1. The van der Waals surface area contributed by atoms with E-state index in [-0.39, 0.29) is 47.5 Å². The highest BCUT2D eigenvalue weighted by molar-refractivity contribution is 8.13.